The minimum absolute atomic E-state index is 0. The van der Waals surface area contributed by atoms with Crippen molar-refractivity contribution in [2.75, 3.05) is 12.8 Å². The van der Waals surface area contributed by atoms with E-state index in [9.17, 15) is 4.21 Å². The first kappa shape index (κ1) is 12.4. The zero-order valence-corrected chi connectivity index (χ0v) is 7.35. The molecule has 0 saturated heterocycles. The molecule has 0 aromatic heterocycles. The van der Waals surface area contributed by atoms with Gasteiger partial charge in [-0.05, 0) is 0 Å². The average molecular weight is 183 g/mol. The summed E-state index contributed by atoms with van der Waals surface area (Å²) in [6.07, 6.45) is 6.75. The zero-order chi connectivity index (χ0) is 7.33. The molecular weight excluding hydrogens is 172 g/mol. The Morgan fingerprint density at radius 2 is 2.30 bits per heavy atom. The molecule has 0 aliphatic heterocycles. The first-order valence-electron chi connectivity index (χ1n) is 2.48. The largest absolute Gasteiger partial charge is 0.241 e. The molecule has 3 nitrogen and oxygen atoms in total. The minimum Gasteiger partial charge on any atom is -0.241 e. The van der Waals surface area contributed by atoms with Crippen molar-refractivity contribution in [1.82, 2.24) is 4.72 Å². The van der Waals surface area contributed by atoms with Crippen molar-refractivity contribution >= 4 is 22.3 Å². The van der Waals surface area contributed by atoms with Gasteiger partial charge in [-0.1, -0.05) is 0 Å². The van der Waals surface area contributed by atoms with E-state index >= 15 is 0 Å². The van der Waals surface area contributed by atoms with Crippen LogP contribution in [0.15, 0.2) is 0 Å². The van der Waals surface area contributed by atoms with Crippen LogP contribution in [0.2, 0.25) is 0 Å². The molecule has 0 aliphatic carbocycles. The Morgan fingerprint density at radius 3 is 2.60 bits per heavy atom. The fraction of sp³-hybridized carbons (Fsp3) is 0.600. The maximum atomic E-state index is 10.5. The van der Waals surface area contributed by atoms with Crippen LogP contribution in [-0.2, 0) is 9.92 Å². The lowest BCUT2D eigenvalue weighted by atomic mass is 10.5. The minimum atomic E-state index is -2.54. The van der Waals surface area contributed by atoms with E-state index in [1.54, 1.807) is 0 Å². The Balaban J connectivity index is 0. The molecule has 0 saturated carbocycles. The van der Waals surface area contributed by atoms with Gasteiger partial charge in [0.2, 0.25) is 0 Å². The molecule has 5 heteroatoms. The van der Waals surface area contributed by atoms with Crippen LogP contribution in [0, 0.1) is 17.1 Å². The van der Waals surface area contributed by atoms with Gasteiger partial charge in [0.1, 0.15) is 9.92 Å². The van der Waals surface area contributed by atoms with Crippen molar-refractivity contribution in [3.8, 4) is 12.3 Å². The number of hydrogen-bond donors (Lipinski definition) is 2. The first-order valence-corrected chi connectivity index (χ1v) is 4.45. The van der Waals surface area contributed by atoms with Crippen molar-refractivity contribution in [1.29, 1.82) is 4.78 Å². The molecule has 1 atom stereocenters. The maximum Gasteiger partial charge on any atom is 0.102 e. The topological polar surface area (TPSA) is 53.0 Å². The van der Waals surface area contributed by atoms with Crippen molar-refractivity contribution in [3.05, 3.63) is 0 Å². The van der Waals surface area contributed by atoms with Crippen LogP contribution in [0.3, 0.4) is 0 Å². The van der Waals surface area contributed by atoms with Gasteiger partial charge in [0.05, 0.1) is 0 Å². The van der Waals surface area contributed by atoms with Gasteiger partial charge >= 0.3 is 0 Å². The third-order valence-electron chi connectivity index (χ3n) is 0.647. The van der Waals surface area contributed by atoms with Crippen molar-refractivity contribution in [2.24, 2.45) is 0 Å². The van der Waals surface area contributed by atoms with Crippen LogP contribution in [0.1, 0.15) is 6.42 Å². The quantitative estimate of drug-likeness (QED) is 0.488. The molecule has 0 rings (SSSR count). The SMILES string of the molecule is C#CCCNS(C)(=N)=O.Cl. The van der Waals surface area contributed by atoms with E-state index in [4.69, 9.17) is 11.2 Å². The molecule has 0 spiro atoms. The number of halogens is 1. The van der Waals surface area contributed by atoms with Crippen LogP contribution < -0.4 is 4.72 Å². The fourth-order valence-electron chi connectivity index (χ4n) is 0.318. The van der Waals surface area contributed by atoms with E-state index < -0.39 is 9.92 Å². The normalized spacial score (nSPS) is 14.4. The molecule has 0 aliphatic rings. The van der Waals surface area contributed by atoms with E-state index in [0.717, 1.165) is 0 Å². The summed E-state index contributed by atoms with van der Waals surface area (Å²) in [6.45, 7) is 0.454. The highest BCUT2D eigenvalue weighted by Gasteiger charge is 1.91. The van der Waals surface area contributed by atoms with Gasteiger partial charge in [-0.25, -0.2) is 13.7 Å². The summed E-state index contributed by atoms with van der Waals surface area (Å²) in [5.41, 5.74) is 0. The number of rotatable bonds is 3. The zero-order valence-electron chi connectivity index (χ0n) is 5.72. The first-order chi connectivity index (χ1) is 4.06. The molecule has 0 bridgehead atoms. The summed E-state index contributed by atoms with van der Waals surface area (Å²) in [5, 5.41) is 0. The number of hydrogen-bond acceptors (Lipinski definition) is 2. The number of nitrogens with one attached hydrogen (secondary N) is 2. The Hall–Kier alpha value is -0.240. The lowest BCUT2D eigenvalue weighted by Gasteiger charge is -1.98. The lowest BCUT2D eigenvalue weighted by Crippen LogP contribution is -2.21. The summed E-state index contributed by atoms with van der Waals surface area (Å²) in [6, 6.07) is 0. The van der Waals surface area contributed by atoms with Crippen LogP contribution in [0.5, 0.6) is 0 Å². The van der Waals surface area contributed by atoms with Gasteiger partial charge in [-0.3, -0.25) is 0 Å². The van der Waals surface area contributed by atoms with E-state index in [1.165, 1.54) is 6.26 Å². The second-order valence-electron chi connectivity index (χ2n) is 1.69. The van der Waals surface area contributed by atoms with E-state index in [1.807, 2.05) is 0 Å². The predicted molar refractivity (Wildman–Crippen MR) is 45.5 cm³/mol. The summed E-state index contributed by atoms with van der Waals surface area (Å²) >= 11 is 0. The Labute approximate surface area is 68.1 Å². The Bertz CT molecular complexity index is 204. The Kier molecular flexibility index (Phi) is 6.89. The maximum absolute atomic E-state index is 10.5. The molecule has 2 N–H and O–H groups in total. The second kappa shape index (κ2) is 5.54. The van der Waals surface area contributed by atoms with E-state index in [0.29, 0.717) is 13.0 Å². The molecular formula is C5H11ClN2OS. The molecule has 10 heavy (non-hydrogen) atoms. The summed E-state index contributed by atoms with van der Waals surface area (Å²) in [7, 11) is -2.54. The third-order valence-corrected chi connectivity index (χ3v) is 1.40. The van der Waals surface area contributed by atoms with Gasteiger partial charge in [0, 0.05) is 19.2 Å². The molecule has 0 fully saturated rings. The van der Waals surface area contributed by atoms with Crippen LogP contribution in [0.25, 0.3) is 0 Å². The second-order valence-corrected chi connectivity index (χ2v) is 3.67. The van der Waals surface area contributed by atoms with Gasteiger partial charge < -0.3 is 0 Å². The van der Waals surface area contributed by atoms with Gasteiger partial charge in [0.25, 0.3) is 0 Å². The fourth-order valence-corrected chi connectivity index (χ4v) is 0.810. The molecule has 0 aromatic rings. The summed E-state index contributed by atoms with van der Waals surface area (Å²) < 4.78 is 19.9. The van der Waals surface area contributed by atoms with E-state index in [-0.39, 0.29) is 12.4 Å². The number of terminal acetylenes is 1. The summed E-state index contributed by atoms with van der Waals surface area (Å²) in [4.78, 5) is 0. The van der Waals surface area contributed by atoms with Crippen molar-refractivity contribution in [3.63, 3.8) is 0 Å². The van der Waals surface area contributed by atoms with Crippen molar-refractivity contribution in [2.45, 2.75) is 6.42 Å². The predicted octanol–water partition coefficient (Wildman–Crippen LogP) is 0.613. The highest BCUT2D eigenvalue weighted by Crippen LogP contribution is 1.76. The molecule has 0 amide bonds. The average Bonchev–Trinajstić information content (AvgIpc) is 1.63. The highest BCUT2D eigenvalue weighted by molar-refractivity contribution is 7.89. The molecule has 1 unspecified atom stereocenters. The molecule has 0 radical (unpaired) electrons. The van der Waals surface area contributed by atoms with Crippen LogP contribution >= 0.6 is 12.4 Å². The standard InChI is InChI=1S/C5H10N2OS.ClH/c1-3-4-5-7-9(2,6)8;/h1H,4-5H2,2H3,(H2,6,7,8);1H. The lowest BCUT2D eigenvalue weighted by molar-refractivity contribution is 0.667. The van der Waals surface area contributed by atoms with Gasteiger partial charge in [-0.15, -0.1) is 24.8 Å². The van der Waals surface area contributed by atoms with Crippen molar-refractivity contribution < 1.29 is 4.21 Å². The monoisotopic (exact) mass is 182 g/mol. The molecule has 0 aromatic carbocycles. The smallest absolute Gasteiger partial charge is 0.102 e. The highest BCUT2D eigenvalue weighted by atomic mass is 35.5. The van der Waals surface area contributed by atoms with E-state index in [2.05, 4.69) is 10.6 Å². The molecule has 60 valence electrons. The molecule has 0 heterocycles. The Morgan fingerprint density at radius 1 is 1.80 bits per heavy atom. The summed E-state index contributed by atoms with van der Waals surface area (Å²) in [5.74, 6) is 2.37. The van der Waals surface area contributed by atoms with Gasteiger partial charge in [0.15, 0.2) is 0 Å². The van der Waals surface area contributed by atoms with Crippen LogP contribution in [0.4, 0.5) is 0 Å². The van der Waals surface area contributed by atoms with Crippen LogP contribution in [-0.4, -0.2) is 17.0 Å². The van der Waals surface area contributed by atoms with Gasteiger partial charge in [-0.2, -0.15) is 0 Å². The third kappa shape index (κ3) is 10.7.